The molecule has 2 atom stereocenters. The maximum Gasteiger partial charge on any atom is 0.192 e. The third-order valence-corrected chi connectivity index (χ3v) is 9.20. The molecule has 0 spiro atoms. The van der Waals surface area contributed by atoms with E-state index in [0.29, 0.717) is 17.2 Å². The number of nitrogens with zero attached hydrogens (tertiary/aromatic N) is 1. The largest absolute Gasteiger partial charge is 0.416 e. The Morgan fingerprint density at radius 2 is 2.06 bits per heavy atom. The van der Waals surface area contributed by atoms with Crippen molar-refractivity contribution in [2.24, 2.45) is 0 Å². The molecule has 0 radical (unpaired) electrons. The van der Waals surface area contributed by atoms with Crippen molar-refractivity contribution in [3.8, 4) is 0 Å². The monoisotopic (exact) mass is 257 g/mol. The van der Waals surface area contributed by atoms with Crippen LogP contribution in [0.5, 0.6) is 0 Å². The molecule has 2 saturated heterocycles. The van der Waals surface area contributed by atoms with Crippen LogP contribution in [0, 0.1) is 0 Å². The number of likely N-dealkylation sites (tertiary alicyclic amines) is 1. The van der Waals surface area contributed by atoms with Crippen molar-refractivity contribution < 1.29 is 9.16 Å². The summed E-state index contributed by atoms with van der Waals surface area (Å²) in [6.45, 7) is 15.6. The summed E-state index contributed by atoms with van der Waals surface area (Å²) in [6, 6.07) is 0.669. The summed E-state index contributed by atoms with van der Waals surface area (Å²) in [4.78, 5) is 2.54. The highest BCUT2D eigenvalue weighted by molar-refractivity contribution is 6.74. The Kier molecular flexibility index (Phi) is 3.70. The van der Waals surface area contributed by atoms with E-state index in [0.717, 1.165) is 26.3 Å². The SMILES string of the molecule is CC(C)(C)[Si](C)(C)OCCN1C[C@@H]2C[C@H]1CO2. The Bertz CT molecular complexity index is 275. The summed E-state index contributed by atoms with van der Waals surface area (Å²) in [5.74, 6) is 0. The van der Waals surface area contributed by atoms with Gasteiger partial charge in [0.15, 0.2) is 8.32 Å². The summed E-state index contributed by atoms with van der Waals surface area (Å²) >= 11 is 0. The molecule has 0 aromatic heterocycles. The van der Waals surface area contributed by atoms with Gasteiger partial charge in [0.2, 0.25) is 0 Å². The Balaban J connectivity index is 1.73. The molecule has 17 heavy (non-hydrogen) atoms. The highest BCUT2D eigenvalue weighted by Crippen LogP contribution is 2.36. The third kappa shape index (κ3) is 2.92. The Hall–Kier alpha value is 0.0969. The van der Waals surface area contributed by atoms with Crippen molar-refractivity contribution >= 4 is 8.32 Å². The third-order valence-electron chi connectivity index (χ3n) is 4.66. The zero-order valence-corrected chi connectivity index (χ0v) is 13.0. The predicted octanol–water partition coefficient (Wildman–Crippen LogP) is 2.48. The van der Waals surface area contributed by atoms with E-state index in [1.165, 1.54) is 6.42 Å². The summed E-state index contributed by atoms with van der Waals surface area (Å²) in [7, 11) is -1.56. The number of hydrogen-bond donors (Lipinski definition) is 0. The minimum Gasteiger partial charge on any atom is -0.416 e. The van der Waals surface area contributed by atoms with E-state index in [2.05, 4.69) is 38.8 Å². The van der Waals surface area contributed by atoms with Gasteiger partial charge in [0, 0.05) is 25.7 Å². The Morgan fingerprint density at radius 1 is 1.35 bits per heavy atom. The van der Waals surface area contributed by atoms with E-state index in [1.54, 1.807) is 0 Å². The number of fused-ring (bicyclic) bond motifs is 2. The molecule has 0 saturated carbocycles. The van der Waals surface area contributed by atoms with Gasteiger partial charge in [-0.3, -0.25) is 4.90 Å². The van der Waals surface area contributed by atoms with Gasteiger partial charge in [0.25, 0.3) is 0 Å². The molecule has 0 amide bonds. The molecule has 2 aliphatic rings. The van der Waals surface area contributed by atoms with Crippen LogP contribution in [0.2, 0.25) is 18.1 Å². The van der Waals surface area contributed by atoms with Crippen LogP contribution in [0.1, 0.15) is 27.2 Å². The minimum absolute atomic E-state index is 0.320. The molecule has 0 aromatic rings. The molecule has 0 aromatic carbocycles. The van der Waals surface area contributed by atoms with Crippen LogP contribution in [0.4, 0.5) is 0 Å². The minimum atomic E-state index is -1.56. The Labute approximate surface area is 107 Å². The smallest absolute Gasteiger partial charge is 0.192 e. The van der Waals surface area contributed by atoms with Crippen molar-refractivity contribution in [1.29, 1.82) is 0 Å². The molecular weight excluding hydrogens is 230 g/mol. The van der Waals surface area contributed by atoms with Crippen LogP contribution in [-0.4, -0.2) is 51.7 Å². The molecule has 0 unspecified atom stereocenters. The van der Waals surface area contributed by atoms with Gasteiger partial charge in [0.1, 0.15) is 0 Å². The van der Waals surface area contributed by atoms with Crippen molar-refractivity contribution in [2.45, 2.75) is 57.5 Å². The van der Waals surface area contributed by atoms with E-state index in [4.69, 9.17) is 9.16 Å². The zero-order valence-electron chi connectivity index (χ0n) is 12.0. The second-order valence-corrected chi connectivity index (χ2v) is 11.8. The molecule has 2 fully saturated rings. The summed E-state index contributed by atoms with van der Waals surface area (Å²) in [6.07, 6.45) is 1.74. The number of morpholine rings is 1. The molecule has 2 rings (SSSR count). The van der Waals surface area contributed by atoms with Crippen LogP contribution in [-0.2, 0) is 9.16 Å². The molecule has 0 N–H and O–H groups in total. The standard InChI is InChI=1S/C13H27NO2Si/c1-13(2,3)17(4,5)16-7-6-14-9-12-8-11(14)10-15-12/h11-12H,6-10H2,1-5H3/t11-,12-/m0/s1. The van der Waals surface area contributed by atoms with E-state index < -0.39 is 8.32 Å². The summed E-state index contributed by atoms with van der Waals surface area (Å²) in [5, 5.41) is 0.320. The average Bonchev–Trinajstić information content (AvgIpc) is 2.76. The predicted molar refractivity (Wildman–Crippen MR) is 72.9 cm³/mol. The average molecular weight is 257 g/mol. The first-order valence-corrected chi connectivity index (χ1v) is 9.70. The molecule has 100 valence electrons. The van der Waals surface area contributed by atoms with Gasteiger partial charge < -0.3 is 9.16 Å². The first-order chi connectivity index (χ1) is 7.79. The van der Waals surface area contributed by atoms with Crippen LogP contribution in [0.25, 0.3) is 0 Å². The number of hydrogen-bond acceptors (Lipinski definition) is 3. The van der Waals surface area contributed by atoms with Crippen molar-refractivity contribution in [3.63, 3.8) is 0 Å². The lowest BCUT2D eigenvalue weighted by atomic mass is 10.2. The fourth-order valence-electron chi connectivity index (χ4n) is 2.39. The van der Waals surface area contributed by atoms with Crippen LogP contribution < -0.4 is 0 Å². The Morgan fingerprint density at radius 3 is 2.53 bits per heavy atom. The molecule has 2 bridgehead atoms. The number of rotatable bonds is 4. The second kappa shape index (κ2) is 4.65. The zero-order chi connectivity index (χ0) is 12.7. The lowest BCUT2D eigenvalue weighted by Gasteiger charge is -2.37. The molecule has 2 aliphatic heterocycles. The van der Waals surface area contributed by atoms with Gasteiger partial charge in [-0.2, -0.15) is 0 Å². The molecule has 2 heterocycles. The highest BCUT2D eigenvalue weighted by atomic mass is 28.4. The van der Waals surface area contributed by atoms with Crippen molar-refractivity contribution in [1.82, 2.24) is 4.90 Å². The maximum absolute atomic E-state index is 6.22. The summed E-state index contributed by atoms with van der Waals surface area (Å²) in [5.41, 5.74) is 0. The van der Waals surface area contributed by atoms with Gasteiger partial charge in [0.05, 0.1) is 12.7 Å². The quantitative estimate of drug-likeness (QED) is 0.722. The topological polar surface area (TPSA) is 21.7 Å². The van der Waals surface area contributed by atoms with Crippen molar-refractivity contribution in [2.75, 3.05) is 26.3 Å². The second-order valence-electron chi connectivity index (χ2n) is 6.95. The van der Waals surface area contributed by atoms with E-state index in [1.807, 2.05) is 0 Å². The molecular formula is C13H27NO2Si. The fraction of sp³-hybridized carbons (Fsp3) is 1.00. The van der Waals surface area contributed by atoms with Gasteiger partial charge in [-0.25, -0.2) is 0 Å². The first-order valence-electron chi connectivity index (χ1n) is 6.79. The van der Waals surface area contributed by atoms with E-state index in [-0.39, 0.29) is 0 Å². The molecule has 0 aliphatic carbocycles. The fourth-order valence-corrected chi connectivity index (χ4v) is 3.42. The first kappa shape index (κ1) is 13.5. The normalized spacial score (nSPS) is 30.2. The van der Waals surface area contributed by atoms with Crippen molar-refractivity contribution in [3.05, 3.63) is 0 Å². The lowest BCUT2D eigenvalue weighted by molar-refractivity contribution is 0.0250. The van der Waals surface area contributed by atoms with Gasteiger partial charge >= 0.3 is 0 Å². The summed E-state index contributed by atoms with van der Waals surface area (Å²) < 4.78 is 11.8. The molecule has 3 nitrogen and oxygen atoms in total. The van der Waals surface area contributed by atoms with Crippen LogP contribution in [0.3, 0.4) is 0 Å². The van der Waals surface area contributed by atoms with Crippen LogP contribution in [0.15, 0.2) is 0 Å². The lowest BCUT2D eigenvalue weighted by Crippen LogP contribution is -2.44. The molecule has 4 heteroatoms. The van der Waals surface area contributed by atoms with E-state index >= 15 is 0 Å². The number of ether oxygens (including phenoxy) is 1. The highest BCUT2D eigenvalue weighted by Gasteiger charge is 2.40. The van der Waals surface area contributed by atoms with E-state index in [9.17, 15) is 0 Å². The van der Waals surface area contributed by atoms with Crippen LogP contribution >= 0.6 is 0 Å². The van der Waals surface area contributed by atoms with Gasteiger partial charge in [-0.05, 0) is 24.6 Å². The van der Waals surface area contributed by atoms with Gasteiger partial charge in [-0.1, -0.05) is 20.8 Å². The maximum atomic E-state index is 6.22. The van der Waals surface area contributed by atoms with Gasteiger partial charge in [-0.15, -0.1) is 0 Å².